The van der Waals surface area contributed by atoms with E-state index >= 15 is 0 Å². The fraction of sp³-hybridized carbons (Fsp3) is 0.118. The lowest BCUT2D eigenvalue weighted by molar-refractivity contribution is -0.0953. The van der Waals surface area contributed by atoms with Crippen LogP contribution in [0, 0.1) is 0 Å². The summed E-state index contributed by atoms with van der Waals surface area (Å²) in [5, 5.41) is 3.14. The van der Waals surface area contributed by atoms with E-state index in [2.05, 4.69) is 23.5 Å². The van der Waals surface area contributed by atoms with Crippen LogP contribution in [0.3, 0.4) is 0 Å². The zero-order valence-electron chi connectivity index (χ0n) is 12.3. The summed E-state index contributed by atoms with van der Waals surface area (Å²) in [5.74, 6) is 0. The molecule has 2 rings (SSSR count). The van der Waals surface area contributed by atoms with Crippen LogP contribution < -0.4 is 5.32 Å². The van der Waals surface area contributed by atoms with Gasteiger partial charge in [-0.1, -0.05) is 49.0 Å². The van der Waals surface area contributed by atoms with E-state index in [1.807, 2.05) is 6.07 Å². The van der Waals surface area contributed by atoms with Crippen molar-refractivity contribution in [2.24, 2.45) is 0 Å². The number of nitrogens with zero attached hydrogens (tertiary/aromatic N) is 1. The highest BCUT2D eigenvalue weighted by atomic mass is 35.5. The van der Waals surface area contributed by atoms with Crippen molar-refractivity contribution < 1.29 is 13.2 Å². The van der Waals surface area contributed by atoms with Crippen LogP contribution in [0.15, 0.2) is 49.2 Å². The maximum Gasteiger partial charge on any atom is 0.431 e. The van der Waals surface area contributed by atoms with Gasteiger partial charge in [-0.3, -0.25) is 0 Å². The van der Waals surface area contributed by atoms with Gasteiger partial charge in [-0.2, -0.15) is 13.2 Å². The van der Waals surface area contributed by atoms with Crippen molar-refractivity contribution >= 4 is 34.2 Å². The molecule has 0 unspecified atom stereocenters. The third kappa shape index (κ3) is 3.40. The molecule has 120 valence electrons. The van der Waals surface area contributed by atoms with E-state index in [1.54, 1.807) is 18.2 Å². The first-order chi connectivity index (χ1) is 10.8. The Bertz CT molecular complexity index is 807. The number of pyridine rings is 1. The van der Waals surface area contributed by atoms with Crippen LogP contribution in [-0.2, 0) is 0 Å². The Morgan fingerprint density at radius 2 is 1.96 bits per heavy atom. The molecule has 0 fully saturated rings. The van der Waals surface area contributed by atoms with E-state index < -0.39 is 11.9 Å². The molecule has 6 heteroatoms. The maximum absolute atomic E-state index is 13.1. The highest BCUT2D eigenvalue weighted by Crippen LogP contribution is 2.33. The Kier molecular flexibility index (Phi) is 4.80. The third-order valence-electron chi connectivity index (χ3n) is 3.30. The molecule has 0 saturated heterocycles. The SMILES string of the molecule is C=C/C(=C(\NC)C(F)(F)F)c1cc(Cl)c2ccc(C=C)cc2n1. The van der Waals surface area contributed by atoms with E-state index in [0.29, 0.717) is 15.9 Å². The molecular weight excluding hydrogens is 325 g/mol. The first-order valence-corrected chi connectivity index (χ1v) is 7.04. The predicted molar refractivity (Wildman–Crippen MR) is 89.1 cm³/mol. The fourth-order valence-electron chi connectivity index (χ4n) is 2.23. The lowest BCUT2D eigenvalue weighted by atomic mass is 10.1. The minimum absolute atomic E-state index is 0.0976. The molecule has 0 aliphatic carbocycles. The Morgan fingerprint density at radius 3 is 2.48 bits per heavy atom. The Morgan fingerprint density at radius 1 is 1.26 bits per heavy atom. The zero-order chi connectivity index (χ0) is 17.2. The van der Waals surface area contributed by atoms with Gasteiger partial charge in [-0.05, 0) is 17.7 Å². The van der Waals surface area contributed by atoms with Gasteiger partial charge in [-0.15, -0.1) is 0 Å². The molecule has 0 spiro atoms. The first-order valence-electron chi connectivity index (χ1n) is 6.66. The van der Waals surface area contributed by atoms with Crippen LogP contribution in [0.1, 0.15) is 11.3 Å². The summed E-state index contributed by atoms with van der Waals surface area (Å²) in [5.41, 5.74) is 0.303. The quantitative estimate of drug-likeness (QED) is 0.774. The van der Waals surface area contributed by atoms with E-state index in [9.17, 15) is 13.2 Å². The van der Waals surface area contributed by atoms with Gasteiger partial charge < -0.3 is 5.32 Å². The maximum atomic E-state index is 13.1. The van der Waals surface area contributed by atoms with Crippen LogP contribution in [0.5, 0.6) is 0 Å². The van der Waals surface area contributed by atoms with E-state index in [4.69, 9.17) is 11.6 Å². The fourth-order valence-corrected chi connectivity index (χ4v) is 2.49. The topological polar surface area (TPSA) is 24.9 Å². The summed E-state index contributed by atoms with van der Waals surface area (Å²) >= 11 is 6.20. The number of fused-ring (bicyclic) bond motifs is 1. The van der Waals surface area contributed by atoms with Crippen molar-refractivity contribution in [2.75, 3.05) is 7.05 Å². The van der Waals surface area contributed by atoms with Gasteiger partial charge >= 0.3 is 6.18 Å². The van der Waals surface area contributed by atoms with Crippen LogP contribution in [-0.4, -0.2) is 18.2 Å². The molecule has 23 heavy (non-hydrogen) atoms. The molecule has 0 atom stereocenters. The summed E-state index contributed by atoms with van der Waals surface area (Å²) in [6, 6.07) is 6.68. The predicted octanol–water partition coefficient (Wildman–Crippen LogP) is 5.21. The van der Waals surface area contributed by atoms with Crippen LogP contribution in [0.4, 0.5) is 13.2 Å². The molecule has 0 amide bonds. The number of hydrogen-bond donors (Lipinski definition) is 1. The normalized spacial score (nSPS) is 12.7. The van der Waals surface area contributed by atoms with Crippen LogP contribution in [0.2, 0.25) is 5.02 Å². The van der Waals surface area contributed by atoms with E-state index in [0.717, 1.165) is 11.6 Å². The molecule has 0 radical (unpaired) electrons. The molecule has 0 saturated carbocycles. The van der Waals surface area contributed by atoms with E-state index in [1.165, 1.54) is 13.1 Å². The standard InChI is InChI=1S/C17H14ClF3N2/c1-4-10-6-7-12-13(18)9-15(23-14(12)8-10)11(5-2)16(22-3)17(19,20)21/h4-9,22H,1-2H2,3H3/b16-11+. The highest BCUT2D eigenvalue weighted by Gasteiger charge is 2.35. The lowest BCUT2D eigenvalue weighted by Crippen LogP contribution is -2.24. The van der Waals surface area contributed by atoms with Gasteiger partial charge in [0.2, 0.25) is 0 Å². The van der Waals surface area contributed by atoms with Crippen LogP contribution >= 0.6 is 11.6 Å². The molecule has 2 aromatic rings. The van der Waals surface area contributed by atoms with Crippen molar-refractivity contribution in [1.82, 2.24) is 10.3 Å². The van der Waals surface area contributed by atoms with Gasteiger partial charge in [-0.25, -0.2) is 4.98 Å². The Labute approximate surface area is 137 Å². The summed E-state index contributed by atoms with van der Waals surface area (Å²) < 4.78 is 39.4. The van der Waals surface area contributed by atoms with Gasteiger partial charge in [0, 0.05) is 18.0 Å². The molecule has 2 nitrogen and oxygen atoms in total. The molecule has 1 aromatic carbocycles. The van der Waals surface area contributed by atoms with E-state index in [-0.39, 0.29) is 11.3 Å². The molecule has 1 heterocycles. The average Bonchev–Trinajstić information content (AvgIpc) is 2.50. The number of rotatable bonds is 4. The molecule has 0 aliphatic heterocycles. The summed E-state index contributed by atoms with van der Waals surface area (Å²) in [6.07, 6.45) is -1.81. The number of halogens is 4. The van der Waals surface area contributed by atoms with Gasteiger partial charge in [0.05, 0.1) is 16.2 Å². The zero-order valence-corrected chi connectivity index (χ0v) is 13.1. The van der Waals surface area contributed by atoms with Crippen molar-refractivity contribution in [2.45, 2.75) is 6.18 Å². The van der Waals surface area contributed by atoms with Crippen molar-refractivity contribution in [3.8, 4) is 0 Å². The van der Waals surface area contributed by atoms with Crippen LogP contribution in [0.25, 0.3) is 22.6 Å². The van der Waals surface area contributed by atoms with Gasteiger partial charge in [0.15, 0.2) is 0 Å². The molecule has 1 N–H and O–H groups in total. The van der Waals surface area contributed by atoms with Gasteiger partial charge in [0.1, 0.15) is 5.70 Å². The molecule has 0 aliphatic rings. The number of benzene rings is 1. The summed E-state index contributed by atoms with van der Waals surface area (Å²) in [4.78, 5) is 4.30. The highest BCUT2D eigenvalue weighted by molar-refractivity contribution is 6.35. The minimum Gasteiger partial charge on any atom is -0.384 e. The van der Waals surface area contributed by atoms with Crippen molar-refractivity contribution in [3.05, 3.63) is 65.5 Å². The number of hydrogen-bond acceptors (Lipinski definition) is 2. The lowest BCUT2D eigenvalue weighted by Gasteiger charge is -2.16. The largest absolute Gasteiger partial charge is 0.431 e. The third-order valence-corrected chi connectivity index (χ3v) is 3.61. The number of alkyl halides is 3. The monoisotopic (exact) mass is 338 g/mol. The first kappa shape index (κ1) is 17.1. The second kappa shape index (κ2) is 6.46. The van der Waals surface area contributed by atoms with Crippen molar-refractivity contribution in [3.63, 3.8) is 0 Å². The van der Waals surface area contributed by atoms with Gasteiger partial charge in [0.25, 0.3) is 0 Å². The average molecular weight is 339 g/mol. The second-order valence-corrected chi connectivity index (χ2v) is 5.12. The Balaban J connectivity index is 2.77. The minimum atomic E-state index is -4.55. The summed E-state index contributed by atoms with van der Waals surface area (Å²) in [6.45, 7) is 7.13. The number of nitrogens with one attached hydrogen (secondary N) is 1. The van der Waals surface area contributed by atoms with Crippen molar-refractivity contribution in [1.29, 1.82) is 0 Å². The smallest absolute Gasteiger partial charge is 0.384 e. The second-order valence-electron chi connectivity index (χ2n) is 4.71. The molecule has 0 bridgehead atoms. The molecular formula is C17H14ClF3N2. The summed E-state index contributed by atoms with van der Waals surface area (Å²) in [7, 11) is 1.20. The number of aromatic nitrogens is 1. The molecule has 1 aromatic heterocycles. The number of allylic oxidation sites excluding steroid dienone is 3. The Hall–Kier alpha value is -2.27.